The quantitative estimate of drug-likeness (QED) is 0.555. The number of hydrogen-bond acceptors (Lipinski definition) is 3. The summed E-state index contributed by atoms with van der Waals surface area (Å²) < 4.78 is 4.86. The van der Waals surface area contributed by atoms with Gasteiger partial charge in [0, 0.05) is 7.11 Å². The lowest BCUT2D eigenvalue weighted by molar-refractivity contribution is -0.00924. The van der Waals surface area contributed by atoms with Crippen LogP contribution in [0.5, 0.6) is 0 Å². The maximum absolute atomic E-state index is 5.22. The van der Waals surface area contributed by atoms with Crippen molar-refractivity contribution in [1.82, 2.24) is 5.48 Å². The SMILES string of the molecule is COCCONC(C)c1ccccc1. The zero-order valence-electron chi connectivity index (χ0n) is 8.69. The molecule has 0 aliphatic carbocycles. The van der Waals surface area contributed by atoms with E-state index in [1.165, 1.54) is 5.56 Å². The first-order valence-electron chi connectivity index (χ1n) is 4.76. The second kappa shape index (κ2) is 6.54. The third kappa shape index (κ3) is 3.87. The van der Waals surface area contributed by atoms with Crippen molar-refractivity contribution in [3.8, 4) is 0 Å². The van der Waals surface area contributed by atoms with E-state index < -0.39 is 0 Å². The van der Waals surface area contributed by atoms with E-state index >= 15 is 0 Å². The zero-order valence-corrected chi connectivity index (χ0v) is 8.69. The van der Waals surface area contributed by atoms with Crippen LogP contribution in [0.4, 0.5) is 0 Å². The van der Waals surface area contributed by atoms with Crippen LogP contribution in [0.15, 0.2) is 30.3 Å². The first-order chi connectivity index (χ1) is 6.84. The lowest BCUT2D eigenvalue weighted by Gasteiger charge is -2.13. The second-order valence-electron chi connectivity index (χ2n) is 3.09. The highest BCUT2D eigenvalue weighted by molar-refractivity contribution is 5.17. The van der Waals surface area contributed by atoms with Crippen LogP contribution < -0.4 is 5.48 Å². The van der Waals surface area contributed by atoms with Gasteiger partial charge in [0.1, 0.15) is 0 Å². The Hall–Kier alpha value is -0.900. The van der Waals surface area contributed by atoms with Crippen LogP contribution in [0.1, 0.15) is 18.5 Å². The monoisotopic (exact) mass is 195 g/mol. The summed E-state index contributed by atoms with van der Waals surface area (Å²) in [5.74, 6) is 0. The number of methoxy groups -OCH3 is 1. The van der Waals surface area contributed by atoms with Gasteiger partial charge in [-0.25, -0.2) is 0 Å². The van der Waals surface area contributed by atoms with E-state index in [0.29, 0.717) is 13.2 Å². The molecule has 0 radical (unpaired) electrons. The summed E-state index contributed by atoms with van der Waals surface area (Å²) in [6.45, 7) is 3.23. The highest BCUT2D eigenvalue weighted by atomic mass is 16.7. The summed E-state index contributed by atoms with van der Waals surface area (Å²) in [5, 5.41) is 0. The molecule has 0 aliphatic heterocycles. The third-order valence-corrected chi connectivity index (χ3v) is 1.95. The molecule has 1 N–H and O–H groups in total. The Kier molecular flexibility index (Phi) is 5.22. The largest absolute Gasteiger partial charge is 0.382 e. The third-order valence-electron chi connectivity index (χ3n) is 1.95. The van der Waals surface area contributed by atoms with Crippen LogP contribution in [0.2, 0.25) is 0 Å². The second-order valence-corrected chi connectivity index (χ2v) is 3.09. The van der Waals surface area contributed by atoms with Gasteiger partial charge in [-0.3, -0.25) is 4.84 Å². The van der Waals surface area contributed by atoms with Gasteiger partial charge in [-0.05, 0) is 12.5 Å². The molecule has 3 heteroatoms. The van der Waals surface area contributed by atoms with Crippen molar-refractivity contribution in [2.75, 3.05) is 20.3 Å². The zero-order chi connectivity index (χ0) is 10.2. The highest BCUT2D eigenvalue weighted by Crippen LogP contribution is 2.10. The van der Waals surface area contributed by atoms with Gasteiger partial charge in [-0.2, -0.15) is 5.48 Å². The molecule has 1 aromatic rings. The fraction of sp³-hybridized carbons (Fsp3) is 0.455. The molecular formula is C11H17NO2. The summed E-state index contributed by atoms with van der Waals surface area (Å²) in [6, 6.07) is 10.4. The van der Waals surface area contributed by atoms with E-state index in [4.69, 9.17) is 9.57 Å². The van der Waals surface area contributed by atoms with Crippen LogP contribution >= 0.6 is 0 Å². The fourth-order valence-corrected chi connectivity index (χ4v) is 1.12. The molecule has 1 atom stereocenters. The van der Waals surface area contributed by atoms with Gasteiger partial charge >= 0.3 is 0 Å². The summed E-state index contributed by atoms with van der Waals surface area (Å²) >= 11 is 0. The Morgan fingerprint density at radius 1 is 1.21 bits per heavy atom. The first-order valence-corrected chi connectivity index (χ1v) is 4.76. The molecule has 78 valence electrons. The van der Waals surface area contributed by atoms with Gasteiger partial charge in [0.05, 0.1) is 19.3 Å². The van der Waals surface area contributed by atoms with Crippen molar-refractivity contribution in [3.63, 3.8) is 0 Å². The number of nitrogens with one attached hydrogen (secondary N) is 1. The molecule has 0 aromatic heterocycles. The van der Waals surface area contributed by atoms with Crippen molar-refractivity contribution in [1.29, 1.82) is 0 Å². The minimum Gasteiger partial charge on any atom is -0.382 e. The van der Waals surface area contributed by atoms with E-state index in [1.54, 1.807) is 7.11 Å². The summed E-state index contributed by atoms with van der Waals surface area (Å²) in [7, 11) is 1.66. The van der Waals surface area contributed by atoms with Crippen molar-refractivity contribution >= 4 is 0 Å². The minimum absolute atomic E-state index is 0.202. The van der Waals surface area contributed by atoms with Gasteiger partial charge < -0.3 is 4.74 Å². The van der Waals surface area contributed by atoms with E-state index in [9.17, 15) is 0 Å². The molecule has 0 saturated heterocycles. The average Bonchev–Trinajstić information content (AvgIpc) is 2.25. The van der Waals surface area contributed by atoms with Crippen molar-refractivity contribution in [3.05, 3.63) is 35.9 Å². The smallest absolute Gasteiger partial charge is 0.0916 e. The molecule has 3 nitrogen and oxygen atoms in total. The van der Waals surface area contributed by atoms with Crippen LogP contribution in [-0.2, 0) is 9.57 Å². The van der Waals surface area contributed by atoms with E-state index in [-0.39, 0.29) is 6.04 Å². The van der Waals surface area contributed by atoms with Crippen molar-refractivity contribution in [2.24, 2.45) is 0 Å². The number of benzene rings is 1. The molecule has 14 heavy (non-hydrogen) atoms. The lowest BCUT2D eigenvalue weighted by Crippen LogP contribution is -2.21. The van der Waals surface area contributed by atoms with Crippen molar-refractivity contribution < 1.29 is 9.57 Å². The van der Waals surface area contributed by atoms with Crippen LogP contribution in [0, 0.1) is 0 Å². The molecular weight excluding hydrogens is 178 g/mol. The van der Waals surface area contributed by atoms with Crippen molar-refractivity contribution in [2.45, 2.75) is 13.0 Å². The summed E-state index contributed by atoms with van der Waals surface area (Å²) in [5.41, 5.74) is 4.17. The summed E-state index contributed by atoms with van der Waals surface area (Å²) in [4.78, 5) is 5.22. The Labute approximate surface area is 85.0 Å². The van der Waals surface area contributed by atoms with Gasteiger partial charge in [0.25, 0.3) is 0 Å². The van der Waals surface area contributed by atoms with E-state index in [2.05, 4.69) is 24.5 Å². The predicted molar refractivity (Wildman–Crippen MR) is 55.8 cm³/mol. The Morgan fingerprint density at radius 2 is 1.93 bits per heavy atom. The number of ether oxygens (including phenoxy) is 1. The maximum atomic E-state index is 5.22. The summed E-state index contributed by atoms with van der Waals surface area (Å²) in [6.07, 6.45) is 0. The van der Waals surface area contributed by atoms with Crippen LogP contribution in [0.3, 0.4) is 0 Å². The van der Waals surface area contributed by atoms with Gasteiger partial charge in [-0.15, -0.1) is 0 Å². The average molecular weight is 195 g/mol. The first kappa shape index (κ1) is 11.2. The molecule has 0 fully saturated rings. The van der Waals surface area contributed by atoms with Gasteiger partial charge in [-0.1, -0.05) is 30.3 Å². The predicted octanol–water partition coefficient (Wildman–Crippen LogP) is 1.92. The molecule has 0 spiro atoms. The highest BCUT2D eigenvalue weighted by Gasteiger charge is 2.02. The molecule has 0 aliphatic rings. The number of rotatable bonds is 6. The molecule has 0 saturated carbocycles. The fourth-order valence-electron chi connectivity index (χ4n) is 1.12. The van der Waals surface area contributed by atoms with Crippen LogP contribution in [0.25, 0.3) is 0 Å². The molecule has 1 unspecified atom stereocenters. The van der Waals surface area contributed by atoms with E-state index in [1.807, 2.05) is 18.2 Å². The molecule has 0 heterocycles. The normalized spacial score (nSPS) is 12.7. The van der Waals surface area contributed by atoms with Gasteiger partial charge in [0.2, 0.25) is 0 Å². The molecule has 0 bridgehead atoms. The van der Waals surface area contributed by atoms with E-state index in [0.717, 1.165) is 0 Å². The minimum atomic E-state index is 0.202. The standard InChI is InChI=1S/C11H17NO2/c1-10(12-14-9-8-13-2)11-6-4-3-5-7-11/h3-7,10,12H,8-9H2,1-2H3. The Bertz CT molecular complexity index is 238. The number of hydrogen-bond donors (Lipinski definition) is 1. The Balaban J connectivity index is 2.25. The maximum Gasteiger partial charge on any atom is 0.0916 e. The Morgan fingerprint density at radius 3 is 2.57 bits per heavy atom. The molecule has 1 aromatic carbocycles. The lowest BCUT2D eigenvalue weighted by atomic mass is 10.1. The molecule has 1 rings (SSSR count). The van der Waals surface area contributed by atoms with Gasteiger partial charge in [0.15, 0.2) is 0 Å². The van der Waals surface area contributed by atoms with Crippen LogP contribution in [-0.4, -0.2) is 20.3 Å². The number of hydroxylamine groups is 1. The topological polar surface area (TPSA) is 30.5 Å². The molecule has 0 amide bonds.